The van der Waals surface area contributed by atoms with E-state index in [1.165, 1.54) is 6.07 Å². The van der Waals surface area contributed by atoms with Gasteiger partial charge in [-0.15, -0.1) is 0 Å². The fraction of sp³-hybridized carbons (Fsp3) is 0.0909. The number of carbonyl (C=O) groups is 1. The molecule has 0 spiro atoms. The number of hydrogen-bond acceptors (Lipinski definition) is 3. The third-order valence-electron chi connectivity index (χ3n) is 2.46. The van der Waals surface area contributed by atoms with Gasteiger partial charge in [0, 0.05) is 10.0 Å². The molecule has 1 aromatic heterocycles. The summed E-state index contributed by atoms with van der Waals surface area (Å²) in [5.41, 5.74) is -1.86. The van der Waals surface area contributed by atoms with Gasteiger partial charge >= 0.3 is 12.1 Å². The van der Waals surface area contributed by atoms with Crippen molar-refractivity contribution in [2.24, 2.45) is 0 Å². The fourth-order valence-corrected chi connectivity index (χ4v) is 2.04. The van der Waals surface area contributed by atoms with E-state index in [0.717, 1.165) is 12.1 Å². The maximum absolute atomic E-state index is 12.8. The number of phenolic OH excluding ortho intramolecular Hbond substituents is 1. The zero-order chi connectivity index (χ0) is 15.1. The molecule has 0 atom stereocenters. The quantitative estimate of drug-likeness (QED) is 0.775. The van der Waals surface area contributed by atoms with E-state index in [4.69, 9.17) is 5.11 Å². The van der Waals surface area contributed by atoms with Crippen LogP contribution in [0.3, 0.4) is 0 Å². The van der Waals surface area contributed by atoms with Crippen LogP contribution in [0.25, 0.3) is 11.3 Å². The van der Waals surface area contributed by atoms with Gasteiger partial charge in [-0.3, -0.25) is 5.10 Å². The number of rotatable bonds is 2. The number of aromatic carboxylic acids is 1. The normalized spacial score (nSPS) is 11.6. The highest BCUT2D eigenvalue weighted by atomic mass is 79.9. The van der Waals surface area contributed by atoms with E-state index >= 15 is 0 Å². The van der Waals surface area contributed by atoms with E-state index in [2.05, 4.69) is 26.1 Å². The van der Waals surface area contributed by atoms with Crippen molar-refractivity contribution in [3.63, 3.8) is 0 Å². The number of benzene rings is 1. The maximum atomic E-state index is 12.8. The monoisotopic (exact) mass is 350 g/mol. The molecule has 0 aliphatic rings. The number of H-pyrrole nitrogens is 1. The lowest BCUT2D eigenvalue weighted by molar-refractivity contribution is -0.138. The van der Waals surface area contributed by atoms with Crippen LogP contribution in [0, 0.1) is 0 Å². The first kappa shape index (κ1) is 14.4. The smallest absolute Gasteiger partial charge is 0.420 e. The van der Waals surface area contributed by atoms with Crippen molar-refractivity contribution < 1.29 is 28.2 Å². The average Bonchev–Trinajstić information content (AvgIpc) is 2.79. The second-order valence-electron chi connectivity index (χ2n) is 3.82. The largest absolute Gasteiger partial charge is 0.507 e. The first-order chi connectivity index (χ1) is 9.20. The number of aromatic nitrogens is 2. The SMILES string of the molecule is O=C(O)c1cc(-c2cc(Br)cc(C(F)(F)F)c2O)n[nH]1. The molecule has 0 saturated heterocycles. The van der Waals surface area contributed by atoms with Gasteiger partial charge in [0.1, 0.15) is 11.4 Å². The predicted octanol–water partition coefficient (Wildman–Crippen LogP) is 3.26. The molecule has 2 rings (SSSR count). The van der Waals surface area contributed by atoms with Crippen LogP contribution in [0.15, 0.2) is 22.7 Å². The molecule has 5 nitrogen and oxygen atoms in total. The first-order valence-corrected chi connectivity index (χ1v) is 5.88. The predicted molar refractivity (Wildman–Crippen MR) is 65.3 cm³/mol. The summed E-state index contributed by atoms with van der Waals surface area (Å²) in [5.74, 6) is -2.32. The summed E-state index contributed by atoms with van der Waals surface area (Å²) in [5, 5.41) is 24.2. The van der Waals surface area contributed by atoms with Crippen LogP contribution < -0.4 is 0 Å². The molecule has 9 heteroatoms. The summed E-state index contributed by atoms with van der Waals surface area (Å²) in [7, 11) is 0. The van der Waals surface area contributed by atoms with Gasteiger partial charge in [-0.2, -0.15) is 18.3 Å². The molecule has 0 amide bonds. The van der Waals surface area contributed by atoms with Crippen molar-refractivity contribution in [3.05, 3.63) is 33.9 Å². The highest BCUT2D eigenvalue weighted by Crippen LogP contribution is 2.42. The molecule has 1 aromatic carbocycles. The van der Waals surface area contributed by atoms with Crippen LogP contribution in [0.4, 0.5) is 13.2 Å². The van der Waals surface area contributed by atoms with Gasteiger partial charge in [-0.1, -0.05) is 15.9 Å². The number of nitrogens with one attached hydrogen (secondary N) is 1. The van der Waals surface area contributed by atoms with Crippen LogP contribution in [-0.2, 0) is 6.18 Å². The number of aromatic amines is 1. The fourth-order valence-electron chi connectivity index (χ4n) is 1.58. The Labute approximate surface area is 118 Å². The molecule has 0 radical (unpaired) electrons. The van der Waals surface area contributed by atoms with Gasteiger partial charge in [0.2, 0.25) is 0 Å². The van der Waals surface area contributed by atoms with Gasteiger partial charge < -0.3 is 10.2 Å². The molecular formula is C11H6BrF3N2O3. The van der Waals surface area contributed by atoms with Gasteiger partial charge in [0.05, 0.1) is 11.3 Å². The standard InChI is InChI=1S/C11H6BrF3N2O3/c12-4-1-5(7-3-8(10(19)20)17-16-7)9(18)6(2-4)11(13,14)15/h1-3,18H,(H,16,17)(H,19,20). The Kier molecular flexibility index (Phi) is 3.46. The Morgan fingerprint density at radius 3 is 2.45 bits per heavy atom. The van der Waals surface area contributed by atoms with Crippen molar-refractivity contribution in [3.8, 4) is 17.0 Å². The number of hydrogen-bond donors (Lipinski definition) is 3. The van der Waals surface area contributed by atoms with Crippen molar-refractivity contribution in [2.75, 3.05) is 0 Å². The summed E-state index contributed by atoms with van der Waals surface area (Å²) in [4.78, 5) is 10.7. The third kappa shape index (κ3) is 2.62. The zero-order valence-electron chi connectivity index (χ0n) is 9.49. The Balaban J connectivity index is 2.62. The molecule has 0 fully saturated rings. The molecule has 0 saturated carbocycles. The molecule has 0 aliphatic carbocycles. The molecule has 2 aromatic rings. The van der Waals surface area contributed by atoms with Crippen molar-refractivity contribution in [1.82, 2.24) is 10.2 Å². The molecule has 3 N–H and O–H groups in total. The lowest BCUT2D eigenvalue weighted by Gasteiger charge is -2.12. The van der Waals surface area contributed by atoms with Gasteiger partial charge in [0.25, 0.3) is 0 Å². The number of carboxylic acid groups (broad SMARTS) is 1. The van der Waals surface area contributed by atoms with Crippen molar-refractivity contribution >= 4 is 21.9 Å². The number of phenols is 1. The van der Waals surface area contributed by atoms with Crippen LogP contribution in [0.2, 0.25) is 0 Å². The summed E-state index contributed by atoms with van der Waals surface area (Å²) in [6.07, 6.45) is -4.74. The van der Waals surface area contributed by atoms with E-state index < -0.39 is 23.5 Å². The lowest BCUT2D eigenvalue weighted by Crippen LogP contribution is -2.06. The Morgan fingerprint density at radius 2 is 1.95 bits per heavy atom. The van der Waals surface area contributed by atoms with Gasteiger partial charge in [-0.25, -0.2) is 4.79 Å². The minimum absolute atomic E-state index is 0.0810. The van der Waals surface area contributed by atoms with Crippen molar-refractivity contribution in [2.45, 2.75) is 6.18 Å². The van der Waals surface area contributed by atoms with Gasteiger partial charge in [-0.05, 0) is 18.2 Å². The number of aromatic hydroxyl groups is 1. The molecule has 106 valence electrons. The number of alkyl halides is 3. The molecule has 0 bridgehead atoms. The molecule has 1 heterocycles. The van der Waals surface area contributed by atoms with E-state index in [0.29, 0.717) is 0 Å². The highest BCUT2D eigenvalue weighted by molar-refractivity contribution is 9.10. The second-order valence-corrected chi connectivity index (χ2v) is 4.73. The second kappa shape index (κ2) is 4.82. The minimum Gasteiger partial charge on any atom is -0.507 e. The first-order valence-electron chi connectivity index (χ1n) is 5.09. The van der Waals surface area contributed by atoms with E-state index in [1.54, 1.807) is 0 Å². The van der Waals surface area contributed by atoms with Crippen LogP contribution in [0.1, 0.15) is 16.1 Å². The molecule has 0 aliphatic heterocycles. The van der Waals surface area contributed by atoms with Gasteiger partial charge in [0.15, 0.2) is 0 Å². The zero-order valence-corrected chi connectivity index (χ0v) is 11.1. The van der Waals surface area contributed by atoms with Crippen LogP contribution >= 0.6 is 15.9 Å². The van der Waals surface area contributed by atoms with E-state index in [1.807, 2.05) is 0 Å². The summed E-state index contributed by atoms with van der Waals surface area (Å²) in [6.45, 7) is 0. The molecule has 20 heavy (non-hydrogen) atoms. The maximum Gasteiger partial charge on any atom is 0.420 e. The number of nitrogens with zero attached hydrogens (tertiary/aromatic N) is 1. The van der Waals surface area contributed by atoms with Crippen LogP contribution in [0.5, 0.6) is 5.75 Å². The highest BCUT2D eigenvalue weighted by Gasteiger charge is 2.35. The Morgan fingerprint density at radius 1 is 1.30 bits per heavy atom. The van der Waals surface area contributed by atoms with E-state index in [9.17, 15) is 23.1 Å². The average molecular weight is 351 g/mol. The summed E-state index contributed by atoms with van der Waals surface area (Å²) < 4.78 is 38.3. The lowest BCUT2D eigenvalue weighted by atomic mass is 10.1. The number of halogens is 4. The Bertz CT molecular complexity index is 682. The summed E-state index contributed by atoms with van der Waals surface area (Å²) >= 11 is 2.91. The molecular weight excluding hydrogens is 345 g/mol. The topological polar surface area (TPSA) is 86.2 Å². The minimum atomic E-state index is -4.74. The van der Waals surface area contributed by atoms with Crippen LogP contribution in [-0.4, -0.2) is 26.4 Å². The van der Waals surface area contributed by atoms with Crippen molar-refractivity contribution in [1.29, 1.82) is 0 Å². The van der Waals surface area contributed by atoms with E-state index in [-0.39, 0.29) is 21.4 Å². The third-order valence-corrected chi connectivity index (χ3v) is 2.92. The number of carboxylic acids is 1. The Hall–Kier alpha value is -2.03. The summed E-state index contributed by atoms with van der Waals surface area (Å²) in [6, 6.07) is 2.97. The molecule has 0 unspecified atom stereocenters.